The molecule has 6 atom stereocenters. The van der Waals surface area contributed by atoms with Gasteiger partial charge in [-0.25, -0.2) is 9.59 Å². The van der Waals surface area contributed by atoms with Crippen LogP contribution in [0.2, 0.25) is 0 Å². The molecule has 2 saturated carbocycles. The van der Waals surface area contributed by atoms with Crippen LogP contribution in [0.1, 0.15) is 65.2 Å². The van der Waals surface area contributed by atoms with Crippen molar-refractivity contribution in [2.45, 2.75) is 89.6 Å². The number of epoxide rings is 1. The molecule has 130 valence electrons. The quantitative estimate of drug-likeness (QED) is 0.587. The van der Waals surface area contributed by atoms with Gasteiger partial charge in [0.25, 0.3) is 0 Å². The fourth-order valence-corrected chi connectivity index (χ4v) is 3.82. The number of esters is 2. The molecular formula is C18H28O5. The minimum absolute atomic E-state index is 0.0320. The van der Waals surface area contributed by atoms with Crippen LogP contribution in [-0.2, 0) is 23.8 Å². The van der Waals surface area contributed by atoms with Crippen molar-refractivity contribution in [3.05, 3.63) is 0 Å². The second-order valence-corrected chi connectivity index (χ2v) is 7.45. The number of hydrogen-bond donors (Lipinski definition) is 0. The summed E-state index contributed by atoms with van der Waals surface area (Å²) in [4.78, 5) is 24.3. The van der Waals surface area contributed by atoms with E-state index >= 15 is 0 Å². The van der Waals surface area contributed by atoms with E-state index < -0.39 is 24.1 Å². The Labute approximate surface area is 138 Å². The molecule has 0 N–H and O–H groups in total. The summed E-state index contributed by atoms with van der Waals surface area (Å²) >= 11 is 0. The van der Waals surface area contributed by atoms with Gasteiger partial charge in [0.05, 0.1) is 0 Å². The summed E-state index contributed by atoms with van der Waals surface area (Å²) in [5.41, 5.74) is 0. The molecule has 1 aliphatic heterocycles. The zero-order valence-electron chi connectivity index (χ0n) is 14.2. The molecular weight excluding hydrogens is 296 g/mol. The van der Waals surface area contributed by atoms with Crippen molar-refractivity contribution in [2.24, 2.45) is 11.8 Å². The third-order valence-corrected chi connectivity index (χ3v) is 5.56. The first-order chi connectivity index (χ1) is 11.1. The van der Waals surface area contributed by atoms with Crippen LogP contribution in [-0.4, -0.2) is 36.4 Å². The molecule has 3 rings (SSSR count). The summed E-state index contributed by atoms with van der Waals surface area (Å²) in [6, 6.07) is 0. The summed E-state index contributed by atoms with van der Waals surface area (Å²) in [6.45, 7) is 4.22. The van der Waals surface area contributed by atoms with Crippen LogP contribution in [0.4, 0.5) is 0 Å². The molecule has 1 heterocycles. The summed E-state index contributed by atoms with van der Waals surface area (Å²) < 4.78 is 16.3. The minimum Gasteiger partial charge on any atom is -0.460 e. The van der Waals surface area contributed by atoms with E-state index in [4.69, 9.17) is 14.2 Å². The van der Waals surface area contributed by atoms with Crippen molar-refractivity contribution < 1.29 is 23.8 Å². The molecule has 5 nitrogen and oxygen atoms in total. The summed E-state index contributed by atoms with van der Waals surface area (Å²) in [6.07, 6.45) is 7.02. The number of ether oxygens (including phenoxy) is 3. The van der Waals surface area contributed by atoms with Gasteiger partial charge in [0.15, 0.2) is 12.2 Å². The molecule has 0 amide bonds. The lowest BCUT2D eigenvalue weighted by Gasteiger charge is -2.28. The zero-order valence-corrected chi connectivity index (χ0v) is 14.2. The molecule has 0 aromatic heterocycles. The topological polar surface area (TPSA) is 65.1 Å². The molecule has 23 heavy (non-hydrogen) atoms. The maximum atomic E-state index is 12.1. The van der Waals surface area contributed by atoms with E-state index in [0.29, 0.717) is 11.8 Å². The Kier molecular flexibility index (Phi) is 5.24. The van der Waals surface area contributed by atoms with Gasteiger partial charge in [-0.2, -0.15) is 0 Å². The maximum absolute atomic E-state index is 12.1. The summed E-state index contributed by atoms with van der Waals surface area (Å²) in [5.74, 6) is -0.0235. The molecule has 0 bridgehead atoms. The van der Waals surface area contributed by atoms with Gasteiger partial charge in [-0.15, -0.1) is 0 Å². The van der Waals surface area contributed by atoms with E-state index in [9.17, 15) is 9.59 Å². The van der Waals surface area contributed by atoms with Gasteiger partial charge in [0.1, 0.15) is 12.2 Å². The highest BCUT2D eigenvalue weighted by molar-refractivity contribution is 5.90. The predicted octanol–water partition coefficient (Wildman–Crippen LogP) is 3.00. The van der Waals surface area contributed by atoms with Gasteiger partial charge >= 0.3 is 11.9 Å². The maximum Gasteiger partial charge on any atom is 0.338 e. The number of carbonyl (C=O) groups excluding carboxylic acids is 2. The second-order valence-electron chi connectivity index (χ2n) is 7.45. The van der Waals surface area contributed by atoms with Gasteiger partial charge in [-0.3, -0.25) is 0 Å². The van der Waals surface area contributed by atoms with E-state index in [2.05, 4.69) is 13.8 Å². The van der Waals surface area contributed by atoms with Crippen LogP contribution in [0.25, 0.3) is 0 Å². The number of carbonyl (C=O) groups is 2. The fraction of sp³-hybridized carbons (Fsp3) is 0.889. The normalized spacial score (nSPS) is 40.3. The fourth-order valence-electron chi connectivity index (χ4n) is 3.82. The van der Waals surface area contributed by atoms with Crippen LogP contribution >= 0.6 is 0 Å². The van der Waals surface area contributed by atoms with Gasteiger partial charge in [-0.1, -0.05) is 26.7 Å². The Hall–Kier alpha value is -1.10. The van der Waals surface area contributed by atoms with Gasteiger partial charge in [-0.05, 0) is 50.4 Å². The van der Waals surface area contributed by atoms with Gasteiger partial charge < -0.3 is 14.2 Å². The van der Waals surface area contributed by atoms with Crippen molar-refractivity contribution in [1.29, 1.82) is 0 Å². The van der Waals surface area contributed by atoms with Crippen LogP contribution in [0.5, 0.6) is 0 Å². The highest BCUT2D eigenvalue weighted by Crippen LogP contribution is 2.32. The van der Waals surface area contributed by atoms with Crippen LogP contribution in [0, 0.1) is 11.8 Å². The highest BCUT2D eigenvalue weighted by atomic mass is 16.7. The summed E-state index contributed by atoms with van der Waals surface area (Å²) in [5, 5.41) is 0. The minimum atomic E-state index is -0.754. The molecule has 0 aromatic rings. The Morgan fingerprint density at radius 3 is 1.52 bits per heavy atom. The zero-order chi connectivity index (χ0) is 16.4. The molecule has 1 saturated heterocycles. The lowest BCUT2D eigenvalue weighted by Crippen LogP contribution is -2.33. The van der Waals surface area contributed by atoms with Crippen LogP contribution in [0.3, 0.4) is 0 Å². The average Bonchev–Trinajstić information content (AvgIpc) is 3.32. The number of rotatable bonds is 4. The second kappa shape index (κ2) is 7.20. The molecule has 0 radical (unpaired) electrons. The van der Waals surface area contributed by atoms with Crippen molar-refractivity contribution >= 4 is 11.9 Å². The predicted molar refractivity (Wildman–Crippen MR) is 83.7 cm³/mol. The van der Waals surface area contributed by atoms with E-state index in [-0.39, 0.29) is 12.2 Å². The lowest BCUT2D eigenvalue weighted by atomic mass is 9.88. The highest BCUT2D eigenvalue weighted by Gasteiger charge is 2.54. The Morgan fingerprint density at radius 1 is 0.739 bits per heavy atom. The molecule has 3 fully saturated rings. The smallest absolute Gasteiger partial charge is 0.338 e. The first-order valence-electron chi connectivity index (χ1n) is 9.12. The van der Waals surface area contributed by atoms with E-state index in [1.54, 1.807) is 0 Å². The molecule has 5 heteroatoms. The SMILES string of the molecule is CC1CCCCC1OC(=O)[C@H]1O[C@H]1C(=O)OC1CCCCC1C. The lowest BCUT2D eigenvalue weighted by molar-refractivity contribution is -0.157. The molecule has 3 aliphatic rings. The molecule has 0 spiro atoms. The van der Waals surface area contributed by atoms with Crippen molar-refractivity contribution in [2.75, 3.05) is 0 Å². The van der Waals surface area contributed by atoms with Crippen LogP contribution < -0.4 is 0 Å². The standard InChI is InChI=1S/C18H28O5/c1-11-7-3-5-9-13(11)21-17(19)15-16(23-15)18(20)22-14-10-6-4-8-12(14)2/h11-16H,3-10H2,1-2H3/t11?,12?,13?,14?,15-,16+. The van der Waals surface area contributed by atoms with E-state index in [1.165, 1.54) is 12.8 Å². The molecule has 4 unspecified atom stereocenters. The van der Waals surface area contributed by atoms with Crippen LogP contribution in [0.15, 0.2) is 0 Å². The Bertz CT molecular complexity index is 409. The summed E-state index contributed by atoms with van der Waals surface area (Å²) in [7, 11) is 0. The third-order valence-electron chi connectivity index (χ3n) is 5.56. The van der Waals surface area contributed by atoms with E-state index in [0.717, 1.165) is 38.5 Å². The van der Waals surface area contributed by atoms with Crippen molar-refractivity contribution in [1.82, 2.24) is 0 Å². The first kappa shape index (κ1) is 16.7. The number of hydrogen-bond acceptors (Lipinski definition) is 5. The Morgan fingerprint density at radius 2 is 1.13 bits per heavy atom. The van der Waals surface area contributed by atoms with Crippen molar-refractivity contribution in [3.8, 4) is 0 Å². The monoisotopic (exact) mass is 324 g/mol. The molecule has 2 aliphatic carbocycles. The van der Waals surface area contributed by atoms with Crippen molar-refractivity contribution in [3.63, 3.8) is 0 Å². The Balaban J connectivity index is 1.44. The van der Waals surface area contributed by atoms with Gasteiger partial charge in [0.2, 0.25) is 0 Å². The average molecular weight is 324 g/mol. The largest absolute Gasteiger partial charge is 0.460 e. The van der Waals surface area contributed by atoms with E-state index in [1.807, 2.05) is 0 Å². The third kappa shape index (κ3) is 4.06. The molecule has 0 aromatic carbocycles. The van der Waals surface area contributed by atoms with Gasteiger partial charge in [0, 0.05) is 0 Å². The first-order valence-corrected chi connectivity index (χ1v) is 9.12.